The zero-order chi connectivity index (χ0) is 8.55. The molecule has 1 N–H and O–H groups in total. The first-order chi connectivity index (χ1) is 5.77. The minimum Gasteiger partial charge on any atom is -0.326 e. The van der Waals surface area contributed by atoms with Crippen molar-refractivity contribution >= 4 is 11.6 Å². The Bertz CT molecular complexity index is 319. The van der Waals surface area contributed by atoms with Gasteiger partial charge in [-0.3, -0.25) is 4.79 Å². The van der Waals surface area contributed by atoms with E-state index in [2.05, 4.69) is 18.3 Å². The van der Waals surface area contributed by atoms with Crippen LogP contribution in [0.15, 0.2) is 24.3 Å². The zero-order valence-corrected chi connectivity index (χ0v) is 7.00. The van der Waals surface area contributed by atoms with Gasteiger partial charge in [-0.15, -0.1) is 0 Å². The highest BCUT2D eigenvalue weighted by Gasteiger charge is 2.20. The van der Waals surface area contributed by atoms with E-state index in [0.29, 0.717) is 12.3 Å². The molecule has 0 aliphatic carbocycles. The second-order valence-electron chi connectivity index (χ2n) is 3.24. The van der Waals surface area contributed by atoms with Crippen molar-refractivity contribution in [1.29, 1.82) is 0 Å². The Morgan fingerprint density at radius 2 is 2.17 bits per heavy atom. The van der Waals surface area contributed by atoms with Crippen LogP contribution in [-0.4, -0.2) is 5.91 Å². The summed E-state index contributed by atoms with van der Waals surface area (Å²) in [6, 6.07) is 7.96. The minimum atomic E-state index is 0.126. The number of carbonyl (C=O) groups is 1. The molecule has 1 aromatic rings. The van der Waals surface area contributed by atoms with Gasteiger partial charge in [0.2, 0.25) is 5.91 Å². The summed E-state index contributed by atoms with van der Waals surface area (Å²) in [6.07, 6.45) is 0.608. The molecule has 2 rings (SSSR count). The van der Waals surface area contributed by atoms with Crippen molar-refractivity contribution in [3.05, 3.63) is 29.8 Å². The second kappa shape index (κ2) is 2.63. The average molecular weight is 161 g/mol. The summed E-state index contributed by atoms with van der Waals surface area (Å²) in [5, 5.41) is 2.85. The van der Waals surface area contributed by atoms with Gasteiger partial charge in [-0.2, -0.15) is 0 Å². The minimum absolute atomic E-state index is 0.126. The molecule has 1 aromatic carbocycles. The molecule has 1 aliphatic rings. The monoisotopic (exact) mass is 161 g/mol. The Hall–Kier alpha value is -1.31. The van der Waals surface area contributed by atoms with E-state index in [4.69, 9.17) is 0 Å². The van der Waals surface area contributed by atoms with Crippen LogP contribution in [0.25, 0.3) is 0 Å². The molecule has 1 amide bonds. The number of nitrogens with one attached hydrogen (secondary N) is 1. The molecule has 2 heteroatoms. The van der Waals surface area contributed by atoms with Gasteiger partial charge in [0.1, 0.15) is 0 Å². The molecule has 0 saturated carbocycles. The molecule has 12 heavy (non-hydrogen) atoms. The standard InChI is InChI=1S/C10H11NO/c1-7-6-10(12)11-9-5-3-2-4-8(7)9/h2-5,7H,6H2,1H3,(H,11,12)/t7-/m0/s1. The number of fused-ring (bicyclic) bond motifs is 1. The normalized spacial score (nSPS) is 21.4. The van der Waals surface area contributed by atoms with E-state index in [9.17, 15) is 4.79 Å². The van der Waals surface area contributed by atoms with E-state index in [0.717, 1.165) is 5.69 Å². The number of anilines is 1. The molecule has 0 spiro atoms. The van der Waals surface area contributed by atoms with Gasteiger partial charge in [0.15, 0.2) is 0 Å². The van der Waals surface area contributed by atoms with Crippen LogP contribution in [0.2, 0.25) is 0 Å². The molecule has 0 bridgehead atoms. The van der Waals surface area contributed by atoms with Crippen LogP contribution < -0.4 is 5.32 Å². The lowest BCUT2D eigenvalue weighted by Crippen LogP contribution is -2.21. The summed E-state index contributed by atoms with van der Waals surface area (Å²) in [4.78, 5) is 11.1. The Labute approximate surface area is 71.6 Å². The predicted molar refractivity (Wildman–Crippen MR) is 48.1 cm³/mol. The highest BCUT2D eigenvalue weighted by Crippen LogP contribution is 2.30. The van der Waals surface area contributed by atoms with Crippen molar-refractivity contribution in [1.82, 2.24) is 0 Å². The maximum absolute atomic E-state index is 11.1. The van der Waals surface area contributed by atoms with E-state index in [1.54, 1.807) is 0 Å². The Balaban J connectivity index is 2.47. The van der Waals surface area contributed by atoms with Crippen LogP contribution in [0.4, 0.5) is 5.69 Å². The van der Waals surface area contributed by atoms with E-state index in [-0.39, 0.29) is 5.91 Å². The number of amides is 1. The summed E-state index contributed by atoms with van der Waals surface area (Å²) in [5.41, 5.74) is 2.22. The van der Waals surface area contributed by atoms with Gasteiger partial charge < -0.3 is 5.32 Å². The molecule has 1 aliphatic heterocycles. The van der Waals surface area contributed by atoms with Crippen LogP contribution in [0, 0.1) is 0 Å². The zero-order valence-electron chi connectivity index (χ0n) is 7.00. The van der Waals surface area contributed by atoms with E-state index >= 15 is 0 Å². The molecule has 0 unspecified atom stereocenters. The van der Waals surface area contributed by atoms with Crippen molar-refractivity contribution in [3.63, 3.8) is 0 Å². The van der Waals surface area contributed by atoms with Crippen molar-refractivity contribution in [2.45, 2.75) is 19.3 Å². The predicted octanol–water partition coefficient (Wildman–Crippen LogP) is 2.13. The second-order valence-corrected chi connectivity index (χ2v) is 3.24. The van der Waals surface area contributed by atoms with E-state index < -0.39 is 0 Å². The lowest BCUT2D eigenvalue weighted by molar-refractivity contribution is -0.116. The smallest absolute Gasteiger partial charge is 0.224 e. The summed E-state index contributed by atoms with van der Waals surface area (Å²) in [5.74, 6) is 0.483. The number of hydrogen-bond donors (Lipinski definition) is 1. The molecule has 0 fully saturated rings. The van der Waals surface area contributed by atoms with Crippen LogP contribution >= 0.6 is 0 Å². The van der Waals surface area contributed by atoms with Crippen LogP contribution in [0.5, 0.6) is 0 Å². The highest BCUT2D eigenvalue weighted by molar-refractivity contribution is 5.94. The van der Waals surface area contributed by atoms with Gasteiger partial charge in [-0.05, 0) is 17.5 Å². The molecular formula is C10H11NO. The molecule has 1 atom stereocenters. The third-order valence-electron chi connectivity index (χ3n) is 2.26. The topological polar surface area (TPSA) is 29.1 Å². The third kappa shape index (κ3) is 1.09. The molecule has 0 radical (unpaired) electrons. The van der Waals surface area contributed by atoms with Gasteiger partial charge in [-0.1, -0.05) is 25.1 Å². The maximum Gasteiger partial charge on any atom is 0.224 e. The fourth-order valence-electron chi connectivity index (χ4n) is 1.63. The third-order valence-corrected chi connectivity index (χ3v) is 2.26. The fourth-order valence-corrected chi connectivity index (χ4v) is 1.63. The van der Waals surface area contributed by atoms with Gasteiger partial charge in [0.05, 0.1) is 0 Å². The number of benzene rings is 1. The quantitative estimate of drug-likeness (QED) is 0.620. The SMILES string of the molecule is C[C@H]1CC(=O)Nc2ccccc21. The fraction of sp³-hybridized carbons (Fsp3) is 0.300. The molecule has 0 saturated heterocycles. The van der Waals surface area contributed by atoms with E-state index in [1.165, 1.54) is 5.56 Å². The molecule has 0 aromatic heterocycles. The number of para-hydroxylation sites is 1. The van der Waals surface area contributed by atoms with Crippen molar-refractivity contribution in [2.75, 3.05) is 5.32 Å². The highest BCUT2D eigenvalue weighted by atomic mass is 16.1. The van der Waals surface area contributed by atoms with Crippen molar-refractivity contribution in [3.8, 4) is 0 Å². The summed E-state index contributed by atoms with van der Waals surface area (Å²) in [7, 11) is 0. The first-order valence-corrected chi connectivity index (χ1v) is 4.16. The number of carbonyl (C=O) groups excluding carboxylic acids is 1. The largest absolute Gasteiger partial charge is 0.326 e. The Morgan fingerprint density at radius 3 is 3.00 bits per heavy atom. The Morgan fingerprint density at radius 1 is 1.42 bits per heavy atom. The molecule has 1 heterocycles. The first-order valence-electron chi connectivity index (χ1n) is 4.16. The lowest BCUT2D eigenvalue weighted by Gasteiger charge is -2.21. The molecule has 2 nitrogen and oxygen atoms in total. The average Bonchev–Trinajstić information content (AvgIpc) is 2.04. The van der Waals surface area contributed by atoms with E-state index in [1.807, 2.05) is 18.2 Å². The van der Waals surface area contributed by atoms with Crippen LogP contribution in [0.1, 0.15) is 24.8 Å². The maximum atomic E-state index is 11.1. The summed E-state index contributed by atoms with van der Waals surface area (Å²) in [6.45, 7) is 2.08. The molecular weight excluding hydrogens is 150 g/mol. The van der Waals surface area contributed by atoms with Crippen molar-refractivity contribution < 1.29 is 4.79 Å². The number of hydrogen-bond acceptors (Lipinski definition) is 1. The first kappa shape index (κ1) is 7.35. The molecule has 62 valence electrons. The van der Waals surface area contributed by atoms with Gasteiger partial charge in [-0.25, -0.2) is 0 Å². The number of rotatable bonds is 0. The van der Waals surface area contributed by atoms with Crippen molar-refractivity contribution in [2.24, 2.45) is 0 Å². The Kier molecular flexibility index (Phi) is 1.61. The lowest BCUT2D eigenvalue weighted by atomic mass is 9.92. The summed E-state index contributed by atoms with van der Waals surface area (Å²) < 4.78 is 0. The summed E-state index contributed by atoms with van der Waals surface area (Å²) >= 11 is 0. The van der Waals surface area contributed by atoms with Crippen LogP contribution in [-0.2, 0) is 4.79 Å². The van der Waals surface area contributed by atoms with Gasteiger partial charge >= 0.3 is 0 Å². The van der Waals surface area contributed by atoms with Crippen LogP contribution in [0.3, 0.4) is 0 Å². The van der Waals surface area contributed by atoms with Gasteiger partial charge in [0, 0.05) is 12.1 Å². The van der Waals surface area contributed by atoms with Gasteiger partial charge in [0.25, 0.3) is 0 Å².